The van der Waals surface area contributed by atoms with Crippen LogP contribution in [-0.2, 0) is 26.9 Å². The average Bonchev–Trinajstić information content (AvgIpc) is 3.24. The molecule has 4 aromatic rings. The summed E-state index contributed by atoms with van der Waals surface area (Å²) in [6, 6.07) is 12.5. The van der Waals surface area contributed by atoms with E-state index in [0.717, 1.165) is 29.5 Å². The van der Waals surface area contributed by atoms with Crippen LogP contribution in [-0.4, -0.2) is 19.3 Å². The third-order valence-corrected chi connectivity index (χ3v) is 4.59. The van der Waals surface area contributed by atoms with Gasteiger partial charge in [0.05, 0.1) is 6.20 Å². The fourth-order valence-corrected chi connectivity index (χ4v) is 3.25. The molecule has 0 radical (unpaired) electrons. The molecule has 0 bridgehead atoms. The zero-order valence-corrected chi connectivity index (χ0v) is 14.4. The first-order valence-electron chi connectivity index (χ1n) is 8.36. The highest BCUT2D eigenvalue weighted by atomic mass is 16.1. The first-order chi connectivity index (χ1) is 12.1. The third kappa shape index (κ3) is 2.89. The van der Waals surface area contributed by atoms with Gasteiger partial charge in [0, 0.05) is 43.1 Å². The highest BCUT2D eigenvalue weighted by Gasteiger charge is 2.13. The number of rotatable bonds is 4. The highest BCUT2D eigenvalue weighted by molar-refractivity contribution is 5.87. The number of hydrogen-bond donors (Lipinski definition) is 1. The van der Waals surface area contributed by atoms with Gasteiger partial charge in [-0.1, -0.05) is 30.3 Å². The lowest BCUT2D eigenvalue weighted by Gasteiger charge is -2.06. The summed E-state index contributed by atoms with van der Waals surface area (Å²) in [6.07, 6.45) is 7.53. The minimum atomic E-state index is -0.00592. The van der Waals surface area contributed by atoms with Crippen molar-refractivity contribution in [1.82, 2.24) is 19.3 Å². The van der Waals surface area contributed by atoms with Crippen LogP contribution in [0.1, 0.15) is 11.1 Å². The molecule has 3 aromatic heterocycles. The van der Waals surface area contributed by atoms with Crippen molar-refractivity contribution in [2.45, 2.75) is 12.8 Å². The minimum Gasteiger partial charge on any atom is -0.350 e. The molecule has 5 nitrogen and oxygen atoms in total. The van der Waals surface area contributed by atoms with E-state index in [-0.39, 0.29) is 5.56 Å². The Hall–Kier alpha value is -3.08. The van der Waals surface area contributed by atoms with Gasteiger partial charge in [-0.25, -0.2) is 0 Å². The second-order valence-corrected chi connectivity index (χ2v) is 6.43. The summed E-state index contributed by atoms with van der Waals surface area (Å²) in [7, 11) is 3.69. The van der Waals surface area contributed by atoms with E-state index in [9.17, 15) is 4.79 Å². The van der Waals surface area contributed by atoms with Crippen molar-refractivity contribution in [2.24, 2.45) is 14.1 Å². The lowest BCUT2D eigenvalue weighted by atomic mass is 10.0. The monoisotopic (exact) mass is 332 g/mol. The molecule has 1 aromatic carbocycles. The summed E-state index contributed by atoms with van der Waals surface area (Å²) in [5.41, 5.74) is 5.03. The number of aromatic nitrogens is 4. The van der Waals surface area contributed by atoms with Crippen molar-refractivity contribution >= 4 is 10.9 Å². The maximum absolute atomic E-state index is 12.5. The zero-order valence-electron chi connectivity index (χ0n) is 14.4. The number of aryl methyl sites for hydroxylation is 4. The quantitative estimate of drug-likeness (QED) is 0.624. The second-order valence-electron chi connectivity index (χ2n) is 6.43. The number of benzene rings is 1. The number of pyridine rings is 1. The Kier molecular flexibility index (Phi) is 3.76. The van der Waals surface area contributed by atoms with E-state index in [2.05, 4.69) is 40.4 Å². The predicted octanol–water partition coefficient (Wildman–Crippen LogP) is 3.05. The summed E-state index contributed by atoms with van der Waals surface area (Å²) < 4.78 is 3.42. The Morgan fingerprint density at radius 1 is 1.08 bits per heavy atom. The van der Waals surface area contributed by atoms with Crippen LogP contribution < -0.4 is 5.56 Å². The minimum absolute atomic E-state index is 0.00592. The lowest BCUT2D eigenvalue weighted by molar-refractivity contribution is 0.768. The van der Waals surface area contributed by atoms with E-state index >= 15 is 0 Å². The summed E-state index contributed by atoms with van der Waals surface area (Å²) >= 11 is 0. The molecule has 0 spiro atoms. The molecule has 25 heavy (non-hydrogen) atoms. The summed E-state index contributed by atoms with van der Waals surface area (Å²) in [4.78, 5) is 15.8. The van der Waals surface area contributed by atoms with E-state index in [4.69, 9.17) is 0 Å². The standard InChI is InChI=1S/C20H20N4O/c1-23-12-15(9-8-14-6-4-3-5-7-14)17-10-18(22-19(17)20(23)25)16-11-21-24(2)13-16/h3-7,10-13,22H,8-9H2,1-2H3. The van der Waals surface area contributed by atoms with E-state index in [1.807, 2.05) is 25.5 Å². The molecule has 5 heteroatoms. The molecule has 0 unspecified atom stereocenters. The van der Waals surface area contributed by atoms with Crippen LogP contribution in [0.5, 0.6) is 0 Å². The van der Waals surface area contributed by atoms with Gasteiger partial charge in [0.2, 0.25) is 0 Å². The van der Waals surface area contributed by atoms with Crippen molar-refractivity contribution in [3.63, 3.8) is 0 Å². The average molecular weight is 332 g/mol. The van der Waals surface area contributed by atoms with Crippen molar-refractivity contribution < 1.29 is 0 Å². The van der Waals surface area contributed by atoms with E-state index in [1.54, 1.807) is 22.5 Å². The Labute approximate surface area is 145 Å². The maximum atomic E-state index is 12.5. The molecular weight excluding hydrogens is 312 g/mol. The number of hydrogen-bond acceptors (Lipinski definition) is 2. The predicted molar refractivity (Wildman–Crippen MR) is 99.6 cm³/mol. The van der Waals surface area contributed by atoms with Crippen LogP contribution in [0, 0.1) is 0 Å². The molecule has 0 amide bonds. The number of aromatic amines is 1. The fourth-order valence-electron chi connectivity index (χ4n) is 3.25. The maximum Gasteiger partial charge on any atom is 0.274 e. The van der Waals surface area contributed by atoms with Gasteiger partial charge in [-0.3, -0.25) is 9.48 Å². The van der Waals surface area contributed by atoms with Crippen LogP contribution in [0.15, 0.2) is 59.8 Å². The van der Waals surface area contributed by atoms with Crippen molar-refractivity contribution in [3.8, 4) is 11.3 Å². The third-order valence-electron chi connectivity index (χ3n) is 4.59. The molecule has 0 saturated heterocycles. The van der Waals surface area contributed by atoms with Gasteiger partial charge in [-0.2, -0.15) is 5.10 Å². The molecule has 3 heterocycles. The van der Waals surface area contributed by atoms with Gasteiger partial charge in [-0.05, 0) is 30.0 Å². The Balaban J connectivity index is 1.77. The van der Waals surface area contributed by atoms with Crippen LogP contribution >= 0.6 is 0 Å². The van der Waals surface area contributed by atoms with Gasteiger partial charge < -0.3 is 9.55 Å². The van der Waals surface area contributed by atoms with Gasteiger partial charge in [0.1, 0.15) is 5.52 Å². The molecule has 0 aliphatic rings. The van der Waals surface area contributed by atoms with Crippen molar-refractivity contribution in [2.75, 3.05) is 0 Å². The van der Waals surface area contributed by atoms with E-state index < -0.39 is 0 Å². The molecule has 126 valence electrons. The number of H-pyrrole nitrogens is 1. The van der Waals surface area contributed by atoms with Gasteiger partial charge in [0.25, 0.3) is 5.56 Å². The smallest absolute Gasteiger partial charge is 0.274 e. The van der Waals surface area contributed by atoms with E-state index in [0.29, 0.717) is 5.52 Å². The Morgan fingerprint density at radius 2 is 1.88 bits per heavy atom. The SMILES string of the molecule is Cn1cc(-c2cc3c(CCc4ccccc4)cn(C)c(=O)c3[nH]2)cn1. The van der Waals surface area contributed by atoms with Crippen LogP contribution in [0.3, 0.4) is 0 Å². The Morgan fingerprint density at radius 3 is 2.60 bits per heavy atom. The van der Waals surface area contributed by atoms with Crippen LogP contribution in [0.2, 0.25) is 0 Å². The van der Waals surface area contributed by atoms with Gasteiger partial charge in [-0.15, -0.1) is 0 Å². The molecule has 0 aliphatic heterocycles. The second kappa shape index (κ2) is 6.09. The molecule has 1 N–H and O–H groups in total. The van der Waals surface area contributed by atoms with Crippen LogP contribution in [0.4, 0.5) is 0 Å². The van der Waals surface area contributed by atoms with Gasteiger partial charge in [0.15, 0.2) is 0 Å². The Bertz CT molecular complexity index is 1090. The lowest BCUT2D eigenvalue weighted by Crippen LogP contribution is -2.17. The fraction of sp³-hybridized carbons (Fsp3) is 0.200. The first kappa shape index (κ1) is 15.4. The van der Waals surface area contributed by atoms with Crippen molar-refractivity contribution in [3.05, 3.63) is 76.5 Å². The summed E-state index contributed by atoms with van der Waals surface area (Å²) in [5.74, 6) is 0. The van der Waals surface area contributed by atoms with Crippen molar-refractivity contribution in [1.29, 1.82) is 0 Å². The van der Waals surface area contributed by atoms with Gasteiger partial charge >= 0.3 is 0 Å². The topological polar surface area (TPSA) is 55.6 Å². The first-order valence-corrected chi connectivity index (χ1v) is 8.36. The molecule has 0 saturated carbocycles. The molecular formula is C20H20N4O. The molecule has 0 fully saturated rings. The molecule has 0 atom stereocenters. The largest absolute Gasteiger partial charge is 0.350 e. The highest BCUT2D eigenvalue weighted by Crippen LogP contribution is 2.25. The number of nitrogens with one attached hydrogen (secondary N) is 1. The normalized spacial score (nSPS) is 11.3. The summed E-state index contributed by atoms with van der Waals surface area (Å²) in [6.45, 7) is 0. The van der Waals surface area contributed by atoms with E-state index in [1.165, 1.54) is 11.1 Å². The van der Waals surface area contributed by atoms with Crippen LogP contribution in [0.25, 0.3) is 22.2 Å². The molecule has 4 rings (SSSR count). The zero-order chi connectivity index (χ0) is 17.4. The summed E-state index contributed by atoms with van der Waals surface area (Å²) in [5, 5.41) is 5.21. The molecule has 0 aliphatic carbocycles. The number of nitrogens with zero attached hydrogens (tertiary/aromatic N) is 3. The number of fused-ring (bicyclic) bond motifs is 1.